The molecule has 0 saturated heterocycles. The fourth-order valence-corrected chi connectivity index (χ4v) is 2.01. The van der Waals surface area contributed by atoms with Crippen LogP contribution in [0.3, 0.4) is 0 Å². The minimum Gasteiger partial charge on any atom is -0.120 e. The summed E-state index contributed by atoms with van der Waals surface area (Å²) in [5, 5.41) is 0. The number of rotatable bonds is 0. The molecule has 0 heterocycles. The highest BCUT2D eigenvalue weighted by Gasteiger charge is 2.19. The summed E-state index contributed by atoms with van der Waals surface area (Å²) in [6, 6.07) is 0. The first-order chi connectivity index (χ1) is 4.34. The van der Waals surface area contributed by atoms with Crippen molar-refractivity contribution in [3.05, 3.63) is 0 Å². The highest BCUT2D eigenvalue weighted by atomic mass is 79.9. The Bertz CT molecular complexity index is 123. The molecule has 1 heteroatoms. The van der Waals surface area contributed by atoms with Crippen LogP contribution in [0.1, 0.15) is 33.1 Å². The average Bonchev–Trinajstić information content (AvgIpc) is 1.89. The fraction of sp³-hybridized carbons (Fsp3) is 0.778. The van der Waals surface area contributed by atoms with Crippen molar-refractivity contribution in [2.75, 3.05) is 0 Å². The van der Waals surface area contributed by atoms with Gasteiger partial charge in [-0.2, -0.15) is 0 Å². The molecular weight excluding hydrogens is 188 g/mol. The van der Waals surface area contributed by atoms with E-state index < -0.39 is 0 Å². The number of halogens is 1. The molecule has 0 nitrogen and oxygen atoms in total. The first-order valence-electron chi connectivity index (χ1n) is 3.45. The average molecular weight is 203 g/mol. The Morgan fingerprint density at radius 2 is 1.90 bits per heavy atom. The maximum Gasteiger partial charge on any atom is 0.0325 e. The second kappa shape index (κ2) is 4.79. The summed E-state index contributed by atoms with van der Waals surface area (Å²) < 4.78 is 0. The minimum absolute atomic E-state index is 0. The molecular formula is C9H15Br. The van der Waals surface area contributed by atoms with Crippen LogP contribution in [0.15, 0.2) is 0 Å². The molecule has 0 spiro atoms. The van der Waals surface area contributed by atoms with E-state index >= 15 is 0 Å². The fourth-order valence-electron chi connectivity index (χ4n) is 1.27. The van der Waals surface area contributed by atoms with Gasteiger partial charge in [0.2, 0.25) is 0 Å². The third-order valence-corrected chi connectivity index (χ3v) is 2.99. The molecule has 0 aromatic heterocycles. The zero-order valence-electron chi connectivity index (χ0n) is 5.44. The molecule has 1 fully saturated rings. The van der Waals surface area contributed by atoms with Gasteiger partial charge in [0.25, 0.3) is 0 Å². The van der Waals surface area contributed by atoms with E-state index in [0.717, 1.165) is 0 Å². The molecule has 0 N–H and O–H groups in total. The van der Waals surface area contributed by atoms with E-state index in [-0.39, 0.29) is 7.43 Å². The molecule has 2 atom stereocenters. The zero-order valence-corrected chi connectivity index (χ0v) is 7.02. The van der Waals surface area contributed by atoms with Crippen molar-refractivity contribution in [3.8, 4) is 12.3 Å². The Balaban J connectivity index is 0.000000810. The standard InChI is InChI=1S/C8H11Br.CH4/c1-2-7-5-3-4-6-8(7)9;/h1,7-8H,3-6H2;1H4. The van der Waals surface area contributed by atoms with Crippen LogP contribution >= 0.6 is 15.9 Å². The first kappa shape index (κ1) is 10.0. The van der Waals surface area contributed by atoms with E-state index in [9.17, 15) is 0 Å². The summed E-state index contributed by atoms with van der Waals surface area (Å²) in [6.07, 6.45) is 10.4. The van der Waals surface area contributed by atoms with Gasteiger partial charge in [-0.3, -0.25) is 0 Å². The topological polar surface area (TPSA) is 0 Å². The molecule has 0 amide bonds. The van der Waals surface area contributed by atoms with Gasteiger partial charge in [-0.05, 0) is 12.8 Å². The lowest BCUT2D eigenvalue weighted by atomic mass is 9.90. The van der Waals surface area contributed by atoms with Crippen LogP contribution in [0.2, 0.25) is 0 Å². The van der Waals surface area contributed by atoms with Crippen molar-refractivity contribution < 1.29 is 0 Å². The van der Waals surface area contributed by atoms with Crippen molar-refractivity contribution in [1.29, 1.82) is 0 Å². The quantitative estimate of drug-likeness (QED) is 0.419. The lowest BCUT2D eigenvalue weighted by Crippen LogP contribution is -2.16. The molecule has 1 rings (SSSR count). The zero-order chi connectivity index (χ0) is 6.69. The lowest BCUT2D eigenvalue weighted by Gasteiger charge is -2.22. The van der Waals surface area contributed by atoms with E-state index in [0.29, 0.717) is 10.7 Å². The summed E-state index contributed by atoms with van der Waals surface area (Å²) >= 11 is 3.57. The Hall–Kier alpha value is 0.0400. The van der Waals surface area contributed by atoms with Gasteiger partial charge in [0.05, 0.1) is 0 Å². The van der Waals surface area contributed by atoms with Gasteiger partial charge in [-0.25, -0.2) is 0 Å². The van der Waals surface area contributed by atoms with Crippen LogP contribution in [0.25, 0.3) is 0 Å². The highest BCUT2D eigenvalue weighted by Crippen LogP contribution is 2.28. The largest absolute Gasteiger partial charge is 0.120 e. The van der Waals surface area contributed by atoms with Crippen LogP contribution in [0.5, 0.6) is 0 Å². The van der Waals surface area contributed by atoms with Crippen molar-refractivity contribution in [3.63, 3.8) is 0 Å². The van der Waals surface area contributed by atoms with Gasteiger partial charge < -0.3 is 0 Å². The van der Waals surface area contributed by atoms with E-state index in [1.807, 2.05) is 0 Å². The van der Waals surface area contributed by atoms with Gasteiger partial charge >= 0.3 is 0 Å². The van der Waals surface area contributed by atoms with Gasteiger partial charge in [0.15, 0.2) is 0 Å². The predicted molar refractivity (Wildman–Crippen MR) is 50.2 cm³/mol. The molecule has 58 valence electrons. The molecule has 0 aromatic rings. The van der Waals surface area contributed by atoms with Gasteiger partial charge in [-0.1, -0.05) is 36.2 Å². The number of alkyl halides is 1. The summed E-state index contributed by atoms with van der Waals surface area (Å²) in [7, 11) is 0. The van der Waals surface area contributed by atoms with E-state index in [2.05, 4.69) is 21.9 Å². The summed E-state index contributed by atoms with van der Waals surface area (Å²) in [5.74, 6) is 3.31. The predicted octanol–water partition coefficient (Wildman–Crippen LogP) is 3.21. The number of hydrogen-bond acceptors (Lipinski definition) is 0. The van der Waals surface area contributed by atoms with Gasteiger partial charge in [0.1, 0.15) is 0 Å². The van der Waals surface area contributed by atoms with Crippen molar-refractivity contribution in [2.45, 2.75) is 37.9 Å². The first-order valence-corrected chi connectivity index (χ1v) is 4.36. The van der Waals surface area contributed by atoms with Crippen LogP contribution in [0.4, 0.5) is 0 Å². The molecule has 0 bridgehead atoms. The van der Waals surface area contributed by atoms with Crippen LogP contribution < -0.4 is 0 Å². The maximum absolute atomic E-state index is 5.31. The van der Waals surface area contributed by atoms with Crippen LogP contribution in [-0.2, 0) is 0 Å². The Labute approximate surface area is 72.5 Å². The van der Waals surface area contributed by atoms with Gasteiger partial charge in [0, 0.05) is 10.7 Å². The van der Waals surface area contributed by atoms with Crippen LogP contribution in [0, 0.1) is 18.3 Å². The minimum atomic E-state index is 0. The third kappa shape index (κ3) is 2.34. The highest BCUT2D eigenvalue weighted by molar-refractivity contribution is 9.09. The Kier molecular flexibility index (Phi) is 4.81. The third-order valence-electron chi connectivity index (χ3n) is 1.90. The second-order valence-corrected chi connectivity index (χ2v) is 3.75. The van der Waals surface area contributed by atoms with Crippen molar-refractivity contribution >= 4 is 15.9 Å². The normalized spacial score (nSPS) is 32.0. The monoisotopic (exact) mass is 202 g/mol. The van der Waals surface area contributed by atoms with Crippen molar-refractivity contribution in [1.82, 2.24) is 0 Å². The van der Waals surface area contributed by atoms with Crippen molar-refractivity contribution in [2.24, 2.45) is 5.92 Å². The summed E-state index contributed by atoms with van der Waals surface area (Å²) in [4.78, 5) is 0.594. The number of hydrogen-bond donors (Lipinski definition) is 0. The smallest absolute Gasteiger partial charge is 0.0325 e. The Morgan fingerprint density at radius 3 is 2.30 bits per heavy atom. The molecule has 1 saturated carbocycles. The summed E-state index contributed by atoms with van der Waals surface area (Å²) in [5.41, 5.74) is 0. The summed E-state index contributed by atoms with van der Waals surface area (Å²) in [6.45, 7) is 0. The molecule has 0 aromatic carbocycles. The molecule has 0 radical (unpaired) electrons. The Morgan fingerprint density at radius 1 is 1.30 bits per heavy atom. The number of terminal acetylenes is 1. The lowest BCUT2D eigenvalue weighted by molar-refractivity contribution is 0.448. The van der Waals surface area contributed by atoms with Crippen LogP contribution in [-0.4, -0.2) is 4.83 Å². The van der Waals surface area contributed by atoms with Gasteiger partial charge in [-0.15, -0.1) is 12.3 Å². The maximum atomic E-state index is 5.31. The molecule has 2 unspecified atom stereocenters. The SMILES string of the molecule is C.C#CC1CCCCC1Br. The molecule has 0 aliphatic heterocycles. The van der Waals surface area contributed by atoms with E-state index in [4.69, 9.17) is 6.42 Å². The van der Waals surface area contributed by atoms with E-state index in [1.165, 1.54) is 25.7 Å². The molecule has 1 aliphatic carbocycles. The van der Waals surface area contributed by atoms with E-state index in [1.54, 1.807) is 0 Å². The molecule has 1 aliphatic rings. The second-order valence-electron chi connectivity index (χ2n) is 2.57. The molecule has 10 heavy (non-hydrogen) atoms.